The van der Waals surface area contributed by atoms with Gasteiger partial charge in [0.05, 0.1) is 22.8 Å². The standard InChI is InChI=1S/C46H43BrN6/c1-3-4-28-44-48-43(45(49-44)41-26-16-17-27-42(41)47)33-34-29-31-35(32-30-34)39-24-14-15-25-40(39)46-50(2)52(37-20-10-6-11-21-37)53(38-22-12-7-13-23-38)51(46)36-18-8-5-9-19-36/h5-27,29-32,46H,3-4,28,33H2,1-2H3,(H,48,49). The van der Waals surface area contributed by atoms with E-state index in [0.29, 0.717) is 0 Å². The van der Waals surface area contributed by atoms with Gasteiger partial charge in [-0.15, -0.1) is 0 Å². The van der Waals surface area contributed by atoms with Crippen molar-refractivity contribution in [2.24, 2.45) is 0 Å². The minimum Gasteiger partial charge on any atom is -0.345 e. The van der Waals surface area contributed by atoms with E-state index in [4.69, 9.17) is 4.98 Å². The monoisotopic (exact) mass is 758 g/mol. The van der Waals surface area contributed by atoms with Gasteiger partial charge >= 0.3 is 0 Å². The molecule has 0 aliphatic carbocycles. The van der Waals surface area contributed by atoms with Crippen LogP contribution < -0.4 is 15.2 Å². The number of anilines is 3. The Hall–Kier alpha value is -5.63. The first-order valence-corrected chi connectivity index (χ1v) is 19.2. The Balaban J connectivity index is 1.18. The quantitative estimate of drug-likeness (QED) is 0.142. The summed E-state index contributed by atoms with van der Waals surface area (Å²) in [6, 6.07) is 58.1. The predicted octanol–water partition coefficient (Wildman–Crippen LogP) is 11.6. The first-order valence-electron chi connectivity index (χ1n) is 18.4. The molecule has 8 rings (SSSR count). The molecular weight excluding hydrogens is 716 g/mol. The molecule has 7 heteroatoms. The van der Waals surface area contributed by atoms with Gasteiger partial charge < -0.3 is 4.98 Å². The molecule has 264 valence electrons. The largest absolute Gasteiger partial charge is 0.345 e. The SMILES string of the molecule is CCCCc1nc(-c2ccccc2Br)c(Cc2ccc(-c3ccccc3C3N(C)N(c4ccccc4)N(c4ccccc4)N3c3ccccc3)cc2)[nH]1. The third-order valence-corrected chi connectivity index (χ3v) is 10.6. The van der Waals surface area contributed by atoms with Gasteiger partial charge in [0.1, 0.15) is 12.0 Å². The highest BCUT2D eigenvalue weighted by atomic mass is 79.9. The summed E-state index contributed by atoms with van der Waals surface area (Å²) < 4.78 is 1.06. The topological polar surface area (TPSA) is 41.6 Å². The Kier molecular flexibility index (Phi) is 10.1. The van der Waals surface area contributed by atoms with Crippen LogP contribution in [-0.4, -0.2) is 22.0 Å². The Morgan fingerprint density at radius 2 is 1.19 bits per heavy atom. The number of benzene rings is 6. The average molecular weight is 760 g/mol. The lowest BCUT2D eigenvalue weighted by molar-refractivity contribution is 0.291. The number of hydrazine groups is 3. The molecule has 1 saturated heterocycles. The molecule has 53 heavy (non-hydrogen) atoms. The Bertz CT molecular complexity index is 2260. The summed E-state index contributed by atoms with van der Waals surface area (Å²) in [5.41, 5.74) is 11.3. The smallest absolute Gasteiger partial charge is 0.149 e. The maximum atomic E-state index is 5.09. The molecule has 0 bridgehead atoms. The number of para-hydroxylation sites is 3. The van der Waals surface area contributed by atoms with Gasteiger partial charge in [0.25, 0.3) is 0 Å². The predicted molar refractivity (Wildman–Crippen MR) is 222 cm³/mol. The van der Waals surface area contributed by atoms with Gasteiger partial charge in [-0.2, -0.15) is 15.2 Å². The number of halogens is 1. The fourth-order valence-corrected chi connectivity index (χ4v) is 7.80. The van der Waals surface area contributed by atoms with Crippen molar-refractivity contribution in [1.82, 2.24) is 15.0 Å². The number of hydrogen-bond donors (Lipinski definition) is 1. The number of unbranched alkanes of at least 4 members (excludes halogenated alkanes) is 1. The van der Waals surface area contributed by atoms with E-state index in [0.717, 1.165) is 70.0 Å². The number of aryl methyl sites for hydroxylation is 1. The van der Waals surface area contributed by atoms with Crippen molar-refractivity contribution in [2.45, 2.75) is 38.8 Å². The zero-order chi connectivity index (χ0) is 36.1. The molecule has 1 aliphatic heterocycles. The van der Waals surface area contributed by atoms with Crippen LogP contribution in [0.1, 0.15) is 48.6 Å². The van der Waals surface area contributed by atoms with E-state index in [9.17, 15) is 0 Å². The summed E-state index contributed by atoms with van der Waals surface area (Å²) in [5, 5.41) is 9.29. The van der Waals surface area contributed by atoms with Gasteiger partial charge in [-0.05, 0) is 65.6 Å². The van der Waals surface area contributed by atoms with Crippen molar-refractivity contribution in [2.75, 3.05) is 22.3 Å². The summed E-state index contributed by atoms with van der Waals surface area (Å²) in [6.07, 6.45) is 3.80. The summed E-state index contributed by atoms with van der Waals surface area (Å²) >= 11 is 3.77. The second kappa shape index (κ2) is 15.5. The number of nitrogens with one attached hydrogen (secondary N) is 1. The summed E-state index contributed by atoms with van der Waals surface area (Å²) in [4.78, 5) is 8.78. The molecule has 1 N–H and O–H groups in total. The molecule has 2 heterocycles. The molecule has 1 fully saturated rings. The highest BCUT2D eigenvalue weighted by Gasteiger charge is 2.45. The Morgan fingerprint density at radius 1 is 0.623 bits per heavy atom. The van der Waals surface area contributed by atoms with Gasteiger partial charge in [0, 0.05) is 41.2 Å². The zero-order valence-electron chi connectivity index (χ0n) is 30.1. The molecule has 0 saturated carbocycles. The molecule has 7 aromatic rings. The number of H-pyrrole nitrogens is 1. The van der Waals surface area contributed by atoms with E-state index in [2.05, 4.69) is 219 Å². The van der Waals surface area contributed by atoms with Crippen molar-refractivity contribution in [1.29, 1.82) is 0 Å². The maximum absolute atomic E-state index is 5.09. The highest BCUT2D eigenvalue weighted by molar-refractivity contribution is 9.10. The fraction of sp³-hybridized carbons (Fsp3) is 0.152. The van der Waals surface area contributed by atoms with Crippen LogP contribution in [0, 0.1) is 0 Å². The number of imidazole rings is 1. The van der Waals surface area contributed by atoms with Crippen LogP contribution in [0.2, 0.25) is 0 Å². The van der Waals surface area contributed by atoms with Crippen LogP contribution in [0.25, 0.3) is 22.4 Å². The van der Waals surface area contributed by atoms with Crippen molar-refractivity contribution in [3.05, 3.63) is 191 Å². The van der Waals surface area contributed by atoms with Crippen molar-refractivity contribution >= 4 is 33.0 Å². The molecule has 6 aromatic carbocycles. The summed E-state index contributed by atoms with van der Waals surface area (Å²) in [7, 11) is 2.18. The lowest BCUT2D eigenvalue weighted by Gasteiger charge is -2.37. The first kappa shape index (κ1) is 34.5. The zero-order valence-corrected chi connectivity index (χ0v) is 31.7. The van der Waals surface area contributed by atoms with Gasteiger partial charge in [0.2, 0.25) is 0 Å². The Labute approximate surface area is 321 Å². The highest BCUT2D eigenvalue weighted by Crippen LogP contribution is 2.45. The molecule has 6 nitrogen and oxygen atoms in total. The van der Waals surface area contributed by atoms with E-state index in [1.54, 1.807) is 0 Å². The van der Waals surface area contributed by atoms with Gasteiger partial charge in [-0.1, -0.05) is 151 Å². The first-order chi connectivity index (χ1) is 26.1. The fourth-order valence-electron chi connectivity index (χ4n) is 7.32. The lowest BCUT2D eigenvalue weighted by atomic mass is 9.95. The van der Waals surface area contributed by atoms with Crippen LogP contribution in [0.3, 0.4) is 0 Å². The van der Waals surface area contributed by atoms with Crippen molar-refractivity contribution in [3.63, 3.8) is 0 Å². The van der Waals surface area contributed by atoms with Crippen LogP contribution in [0.15, 0.2) is 168 Å². The van der Waals surface area contributed by atoms with Gasteiger partial charge in [-0.25, -0.2) is 9.99 Å². The van der Waals surface area contributed by atoms with E-state index in [1.165, 1.54) is 22.3 Å². The third-order valence-electron chi connectivity index (χ3n) is 9.87. The van der Waals surface area contributed by atoms with Crippen molar-refractivity contribution < 1.29 is 0 Å². The molecule has 0 spiro atoms. The van der Waals surface area contributed by atoms with E-state index in [1.807, 2.05) is 0 Å². The van der Waals surface area contributed by atoms with E-state index in [-0.39, 0.29) is 6.17 Å². The maximum Gasteiger partial charge on any atom is 0.149 e. The summed E-state index contributed by atoms with van der Waals surface area (Å²) in [5.74, 6) is 1.05. The molecule has 1 unspecified atom stereocenters. The summed E-state index contributed by atoms with van der Waals surface area (Å²) in [6.45, 7) is 2.22. The van der Waals surface area contributed by atoms with Crippen LogP contribution >= 0.6 is 15.9 Å². The number of aromatic amines is 1. The molecule has 0 amide bonds. The lowest BCUT2D eigenvalue weighted by Crippen LogP contribution is -2.47. The third kappa shape index (κ3) is 6.98. The average Bonchev–Trinajstić information content (AvgIpc) is 3.76. The van der Waals surface area contributed by atoms with Crippen LogP contribution in [0.5, 0.6) is 0 Å². The molecule has 1 atom stereocenters. The molecule has 1 aliphatic rings. The van der Waals surface area contributed by atoms with Crippen molar-refractivity contribution in [3.8, 4) is 22.4 Å². The number of rotatable bonds is 11. The van der Waals surface area contributed by atoms with Gasteiger partial charge in [0.15, 0.2) is 0 Å². The van der Waals surface area contributed by atoms with Crippen LogP contribution in [-0.2, 0) is 12.8 Å². The molecule has 1 aromatic heterocycles. The molecule has 0 radical (unpaired) electrons. The number of nitrogens with zero attached hydrogens (tertiary/aromatic N) is 5. The van der Waals surface area contributed by atoms with Crippen LogP contribution in [0.4, 0.5) is 17.1 Å². The Morgan fingerprint density at radius 3 is 1.83 bits per heavy atom. The minimum absolute atomic E-state index is 0.160. The van der Waals surface area contributed by atoms with E-state index >= 15 is 0 Å². The second-order valence-electron chi connectivity index (χ2n) is 13.4. The van der Waals surface area contributed by atoms with E-state index < -0.39 is 0 Å². The minimum atomic E-state index is -0.160. The second-order valence-corrected chi connectivity index (χ2v) is 14.3. The number of hydrogen-bond acceptors (Lipinski definition) is 5. The normalized spacial score (nSPS) is 14.6. The number of aromatic nitrogens is 2. The van der Waals surface area contributed by atoms with Gasteiger partial charge in [-0.3, -0.25) is 0 Å². The molecular formula is C46H43BrN6.